The Morgan fingerprint density at radius 2 is 1.72 bits per heavy atom. The molecule has 0 saturated heterocycles. The van der Waals surface area contributed by atoms with Gasteiger partial charge in [0, 0.05) is 12.5 Å². The van der Waals surface area contributed by atoms with Crippen LogP contribution in [0.5, 0.6) is 11.5 Å². The summed E-state index contributed by atoms with van der Waals surface area (Å²) in [5, 5.41) is 0. The molecule has 1 unspecified atom stereocenters. The number of methoxy groups -OCH3 is 2. The van der Waals surface area contributed by atoms with Crippen LogP contribution >= 0.6 is 0 Å². The smallest absolute Gasteiger partial charge is 0.171 e. The number of carbonyl (C=O) groups excluding carboxylic acids is 1. The molecule has 0 amide bonds. The Bertz CT molecular complexity index is 393. The third-order valence-electron chi connectivity index (χ3n) is 2.98. The van der Waals surface area contributed by atoms with Crippen LogP contribution in [-0.2, 0) is 0 Å². The summed E-state index contributed by atoms with van der Waals surface area (Å²) in [5.41, 5.74) is 6.41. The van der Waals surface area contributed by atoms with Gasteiger partial charge in [-0.05, 0) is 18.1 Å². The van der Waals surface area contributed by atoms with Crippen molar-refractivity contribution in [2.75, 3.05) is 14.2 Å². The summed E-state index contributed by atoms with van der Waals surface area (Å²) in [7, 11) is 3.07. The van der Waals surface area contributed by atoms with E-state index in [-0.39, 0.29) is 24.2 Å². The summed E-state index contributed by atoms with van der Waals surface area (Å²) in [4.78, 5) is 12.3. The van der Waals surface area contributed by atoms with Crippen LogP contribution in [0.2, 0.25) is 0 Å². The van der Waals surface area contributed by atoms with E-state index in [4.69, 9.17) is 15.2 Å². The van der Waals surface area contributed by atoms with E-state index in [9.17, 15) is 4.79 Å². The number of ketones is 1. The second kappa shape index (κ2) is 6.40. The number of ether oxygens (including phenoxy) is 2. The normalized spacial score (nSPS) is 12.3. The summed E-state index contributed by atoms with van der Waals surface area (Å²) in [5.74, 6) is 1.26. The zero-order valence-electron chi connectivity index (χ0n) is 11.4. The zero-order valence-corrected chi connectivity index (χ0v) is 11.4. The van der Waals surface area contributed by atoms with Gasteiger partial charge >= 0.3 is 0 Å². The Labute approximate surface area is 108 Å². The Hall–Kier alpha value is -1.55. The standard InChI is InChI=1S/C14H21NO3/c1-9(2)10(15)8-11(16)14-12(17-3)6-5-7-13(14)18-4/h5-7,9-10H,8,15H2,1-4H3. The molecule has 0 aliphatic heterocycles. The van der Waals surface area contributed by atoms with Crippen molar-refractivity contribution in [2.24, 2.45) is 11.7 Å². The number of rotatable bonds is 6. The molecule has 0 heterocycles. The number of benzene rings is 1. The lowest BCUT2D eigenvalue weighted by atomic mass is 9.95. The van der Waals surface area contributed by atoms with Gasteiger partial charge in [-0.25, -0.2) is 0 Å². The number of carbonyl (C=O) groups is 1. The van der Waals surface area contributed by atoms with E-state index in [1.807, 2.05) is 13.8 Å². The fourth-order valence-electron chi connectivity index (χ4n) is 1.68. The minimum absolute atomic E-state index is 0.0505. The predicted octanol–water partition coefficient (Wildman–Crippen LogP) is 2.26. The lowest BCUT2D eigenvalue weighted by Gasteiger charge is -2.17. The van der Waals surface area contributed by atoms with E-state index in [0.29, 0.717) is 17.1 Å². The predicted molar refractivity (Wildman–Crippen MR) is 71.3 cm³/mol. The Balaban J connectivity index is 3.03. The van der Waals surface area contributed by atoms with Crippen LogP contribution in [0.4, 0.5) is 0 Å². The van der Waals surface area contributed by atoms with Gasteiger partial charge in [-0.3, -0.25) is 4.79 Å². The lowest BCUT2D eigenvalue weighted by molar-refractivity contribution is 0.0961. The van der Waals surface area contributed by atoms with Crippen molar-refractivity contribution >= 4 is 5.78 Å². The minimum Gasteiger partial charge on any atom is -0.496 e. The first-order valence-corrected chi connectivity index (χ1v) is 6.01. The SMILES string of the molecule is COc1cccc(OC)c1C(=O)CC(N)C(C)C. The maximum atomic E-state index is 12.3. The Kier molecular flexibility index (Phi) is 5.16. The summed E-state index contributed by atoms with van der Waals surface area (Å²) >= 11 is 0. The molecule has 0 aliphatic carbocycles. The van der Waals surface area contributed by atoms with Gasteiger partial charge in [0.15, 0.2) is 5.78 Å². The quantitative estimate of drug-likeness (QED) is 0.788. The molecule has 1 aromatic rings. The fourth-order valence-corrected chi connectivity index (χ4v) is 1.68. The van der Waals surface area contributed by atoms with E-state index in [2.05, 4.69) is 0 Å². The summed E-state index contributed by atoms with van der Waals surface area (Å²) in [6.45, 7) is 3.99. The largest absolute Gasteiger partial charge is 0.496 e. The van der Waals surface area contributed by atoms with Crippen molar-refractivity contribution in [1.82, 2.24) is 0 Å². The van der Waals surface area contributed by atoms with Crippen molar-refractivity contribution in [3.8, 4) is 11.5 Å². The summed E-state index contributed by atoms with van der Waals surface area (Å²) in [6, 6.07) is 5.12. The lowest BCUT2D eigenvalue weighted by Crippen LogP contribution is -2.29. The highest BCUT2D eigenvalue weighted by Crippen LogP contribution is 2.30. The van der Waals surface area contributed by atoms with Gasteiger partial charge in [0.25, 0.3) is 0 Å². The van der Waals surface area contributed by atoms with Gasteiger partial charge in [0.1, 0.15) is 17.1 Å². The maximum Gasteiger partial charge on any atom is 0.171 e. The van der Waals surface area contributed by atoms with Crippen LogP contribution < -0.4 is 15.2 Å². The second-order valence-electron chi connectivity index (χ2n) is 4.57. The highest BCUT2D eigenvalue weighted by molar-refractivity contribution is 6.01. The average molecular weight is 251 g/mol. The molecule has 1 aromatic carbocycles. The van der Waals surface area contributed by atoms with Crippen LogP contribution in [0.15, 0.2) is 18.2 Å². The van der Waals surface area contributed by atoms with Crippen LogP contribution in [0.3, 0.4) is 0 Å². The molecule has 0 aromatic heterocycles. The van der Waals surface area contributed by atoms with Crippen molar-refractivity contribution in [3.05, 3.63) is 23.8 Å². The number of hydrogen-bond donors (Lipinski definition) is 1. The van der Waals surface area contributed by atoms with Gasteiger partial charge in [0.05, 0.1) is 14.2 Å². The van der Waals surface area contributed by atoms with Gasteiger partial charge in [-0.2, -0.15) is 0 Å². The van der Waals surface area contributed by atoms with Crippen LogP contribution in [0.1, 0.15) is 30.6 Å². The van der Waals surface area contributed by atoms with Crippen LogP contribution in [0.25, 0.3) is 0 Å². The number of hydrogen-bond acceptors (Lipinski definition) is 4. The van der Waals surface area contributed by atoms with Gasteiger partial charge in [0.2, 0.25) is 0 Å². The van der Waals surface area contributed by atoms with E-state index in [0.717, 1.165) is 0 Å². The molecule has 100 valence electrons. The van der Waals surface area contributed by atoms with Crippen molar-refractivity contribution in [2.45, 2.75) is 26.3 Å². The van der Waals surface area contributed by atoms with Crippen molar-refractivity contribution in [3.63, 3.8) is 0 Å². The van der Waals surface area contributed by atoms with E-state index in [1.54, 1.807) is 18.2 Å². The average Bonchev–Trinajstić information content (AvgIpc) is 2.37. The Morgan fingerprint density at radius 1 is 1.22 bits per heavy atom. The molecular formula is C14H21NO3. The molecule has 0 radical (unpaired) electrons. The third-order valence-corrected chi connectivity index (χ3v) is 2.98. The van der Waals surface area contributed by atoms with Crippen molar-refractivity contribution in [1.29, 1.82) is 0 Å². The summed E-state index contributed by atoms with van der Waals surface area (Å²) < 4.78 is 10.4. The van der Waals surface area contributed by atoms with E-state index >= 15 is 0 Å². The highest BCUT2D eigenvalue weighted by Gasteiger charge is 2.21. The Morgan fingerprint density at radius 3 is 2.11 bits per heavy atom. The molecule has 0 bridgehead atoms. The molecule has 4 heteroatoms. The molecule has 2 N–H and O–H groups in total. The highest BCUT2D eigenvalue weighted by atomic mass is 16.5. The van der Waals surface area contributed by atoms with Gasteiger partial charge in [-0.15, -0.1) is 0 Å². The van der Waals surface area contributed by atoms with Crippen LogP contribution in [-0.4, -0.2) is 26.0 Å². The first-order chi connectivity index (χ1) is 8.51. The molecule has 1 rings (SSSR count). The van der Waals surface area contributed by atoms with Gasteiger partial charge in [-0.1, -0.05) is 19.9 Å². The maximum absolute atomic E-state index is 12.3. The topological polar surface area (TPSA) is 61.5 Å². The van der Waals surface area contributed by atoms with E-state index in [1.165, 1.54) is 14.2 Å². The fraction of sp³-hybridized carbons (Fsp3) is 0.500. The monoisotopic (exact) mass is 251 g/mol. The first kappa shape index (κ1) is 14.5. The molecule has 0 fully saturated rings. The van der Waals surface area contributed by atoms with Crippen molar-refractivity contribution < 1.29 is 14.3 Å². The molecule has 0 saturated carbocycles. The molecule has 18 heavy (non-hydrogen) atoms. The molecule has 0 aliphatic rings. The molecule has 1 atom stereocenters. The van der Waals surface area contributed by atoms with E-state index < -0.39 is 0 Å². The molecule has 0 spiro atoms. The molecular weight excluding hydrogens is 230 g/mol. The van der Waals surface area contributed by atoms with Crippen LogP contribution in [0, 0.1) is 5.92 Å². The zero-order chi connectivity index (χ0) is 13.7. The van der Waals surface area contributed by atoms with Gasteiger partial charge < -0.3 is 15.2 Å². The molecule has 4 nitrogen and oxygen atoms in total. The number of Topliss-reactive ketones (excluding diaryl/α,β-unsaturated/α-hetero) is 1. The number of nitrogens with two attached hydrogens (primary N) is 1. The summed E-state index contributed by atoms with van der Waals surface area (Å²) in [6.07, 6.45) is 0.286. The second-order valence-corrected chi connectivity index (χ2v) is 4.57. The third kappa shape index (κ3) is 3.23. The minimum atomic E-state index is -0.160. The first-order valence-electron chi connectivity index (χ1n) is 6.01.